The van der Waals surface area contributed by atoms with Crippen molar-refractivity contribution in [3.8, 4) is 0 Å². The summed E-state index contributed by atoms with van der Waals surface area (Å²) in [6, 6.07) is 0. The van der Waals surface area contributed by atoms with Gasteiger partial charge in [-0.1, -0.05) is 18.5 Å². The molecule has 0 aromatic heterocycles. The van der Waals surface area contributed by atoms with Crippen molar-refractivity contribution >= 4 is 17.3 Å². The van der Waals surface area contributed by atoms with E-state index in [4.69, 9.17) is 17.3 Å². The molecule has 64 valence electrons. The topological polar surface area (TPSA) is 38.4 Å². The molecule has 11 heavy (non-hydrogen) atoms. The Morgan fingerprint density at radius 3 is 2.64 bits per heavy atom. The van der Waals surface area contributed by atoms with Crippen LogP contribution in [0.1, 0.15) is 27.2 Å². The molecule has 2 N–H and O–H groups in total. The number of halogens is 1. The molecule has 0 aromatic rings. The quantitative estimate of drug-likeness (QED) is 0.656. The minimum absolute atomic E-state index is 0.146. The molecule has 1 unspecified atom stereocenters. The van der Waals surface area contributed by atoms with Gasteiger partial charge in [0.05, 0.1) is 6.17 Å². The van der Waals surface area contributed by atoms with E-state index in [0.717, 1.165) is 17.2 Å². The average molecular weight is 175 g/mol. The summed E-state index contributed by atoms with van der Waals surface area (Å²) in [5.41, 5.74) is 6.33. The van der Waals surface area contributed by atoms with Crippen LogP contribution in [0, 0.1) is 0 Å². The lowest BCUT2D eigenvalue weighted by molar-refractivity contribution is 0.793. The molecule has 0 aromatic carbocycles. The zero-order chi connectivity index (χ0) is 8.85. The summed E-state index contributed by atoms with van der Waals surface area (Å²) in [7, 11) is 0. The minimum Gasteiger partial charge on any atom is -0.310 e. The van der Waals surface area contributed by atoms with E-state index in [0.29, 0.717) is 0 Å². The summed E-state index contributed by atoms with van der Waals surface area (Å²) >= 11 is 5.78. The van der Waals surface area contributed by atoms with Crippen LogP contribution in [0.15, 0.2) is 16.1 Å². The van der Waals surface area contributed by atoms with Crippen LogP contribution < -0.4 is 5.73 Å². The molecule has 0 fully saturated rings. The monoisotopic (exact) mass is 174 g/mol. The van der Waals surface area contributed by atoms with Gasteiger partial charge in [0.25, 0.3) is 0 Å². The fourth-order valence-electron chi connectivity index (χ4n) is 0.687. The van der Waals surface area contributed by atoms with E-state index in [-0.39, 0.29) is 6.17 Å². The van der Waals surface area contributed by atoms with Crippen LogP contribution in [-0.4, -0.2) is 11.9 Å². The number of rotatable bonds is 3. The highest BCUT2D eigenvalue weighted by Gasteiger charge is 1.91. The fraction of sp³-hybridized carbons (Fsp3) is 0.625. The first-order chi connectivity index (χ1) is 5.06. The summed E-state index contributed by atoms with van der Waals surface area (Å²) in [5.74, 6) is 0. The first-order valence-corrected chi connectivity index (χ1v) is 4.10. The lowest BCUT2D eigenvalue weighted by Gasteiger charge is -1.98. The van der Waals surface area contributed by atoms with Crippen molar-refractivity contribution in [2.24, 2.45) is 10.7 Å². The Morgan fingerprint density at radius 2 is 2.27 bits per heavy atom. The fourth-order valence-corrected chi connectivity index (χ4v) is 0.845. The molecule has 0 bridgehead atoms. The van der Waals surface area contributed by atoms with Crippen LogP contribution in [0.3, 0.4) is 0 Å². The van der Waals surface area contributed by atoms with E-state index in [1.807, 2.05) is 26.8 Å². The number of allylic oxidation sites excluding steroid dienone is 2. The molecule has 0 spiro atoms. The zero-order valence-corrected chi connectivity index (χ0v) is 8.02. The third kappa shape index (κ3) is 6.07. The molecule has 0 radical (unpaired) electrons. The maximum absolute atomic E-state index is 5.78. The molecule has 3 heteroatoms. The van der Waals surface area contributed by atoms with Gasteiger partial charge in [0, 0.05) is 10.7 Å². The Morgan fingerprint density at radius 1 is 1.73 bits per heavy atom. The number of hydrogen-bond donors (Lipinski definition) is 1. The Hall–Kier alpha value is -0.340. The van der Waals surface area contributed by atoms with Crippen molar-refractivity contribution in [2.45, 2.75) is 33.4 Å². The van der Waals surface area contributed by atoms with Crippen LogP contribution in [0.2, 0.25) is 0 Å². The van der Waals surface area contributed by atoms with Crippen LogP contribution >= 0.6 is 11.6 Å². The molecular weight excluding hydrogens is 160 g/mol. The van der Waals surface area contributed by atoms with E-state index >= 15 is 0 Å². The largest absolute Gasteiger partial charge is 0.310 e. The predicted molar refractivity (Wildman–Crippen MR) is 51.0 cm³/mol. The Balaban J connectivity index is 4.15. The Kier molecular flexibility index (Phi) is 5.16. The summed E-state index contributed by atoms with van der Waals surface area (Å²) < 4.78 is 0. The molecule has 0 heterocycles. The first-order valence-electron chi connectivity index (χ1n) is 3.72. The second kappa shape index (κ2) is 5.33. The average Bonchev–Trinajstić information content (AvgIpc) is 1.85. The Labute approximate surface area is 73.1 Å². The zero-order valence-electron chi connectivity index (χ0n) is 7.26. The molecule has 0 amide bonds. The van der Waals surface area contributed by atoms with Crippen molar-refractivity contribution in [1.82, 2.24) is 0 Å². The van der Waals surface area contributed by atoms with Crippen molar-refractivity contribution in [1.29, 1.82) is 0 Å². The van der Waals surface area contributed by atoms with Gasteiger partial charge in [-0.25, -0.2) is 0 Å². The van der Waals surface area contributed by atoms with Gasteiger partial charge < -0.3 is 5.73 Å². The van der Waals surface area contributed by atoms with Crippen LogP contribution in [0.5, 0.6) is 0 Å². The standard InChI is InChI=1S/C8H15ClN2/c1-4-8(9)5-6(2)11-7(3)10/h5,7H,4,10H2,1-3H3/b8-5+,11-6?. The van der Waals surface area contributed by atoms with Crippen molar-refractivity contribution < 1.29 is 0 Å². The second-order valence-corrected chi connectivity index (χ2v) is 2.94. The van der Waals surface area contributed by atoms with Gasteiger partial charge in [0.15, 0.2) is 0 Å². The highest BCUT2D eigenvalue weighted by Crippen LogP contribution is 2.05. The van der Waals surface area contributed by atoms with Crippen LogP contribution in [0.4, 0.5) is 0 Å². The van der Waals surface area contributed by atoms with E-state index in [9.17, 15) is 0 Å². The number of aliphatic imine (C=N–C) groups is 1. The third-order valence-electron chi connectivity index (χ3n) is 1.11. The van der Waals surface area contributed by atoms with Crippen LogP contribution in [-0.2, 0) is 0 Å². The predicted octanol–water partition coefficient (Wildman–Crippen LogP) is 2.28. The lowest BCUT2D eigenvalue weighted by atomic mass is 10.3. The smallest absolute Gasteiger partial charge is 0.0943 e. The maximum atomic E-state index is 5.78. The first kappa shape index (κ1) is 10.7. The molecular formula is C8H15ClN2. The number of nitrogens with two attached hydrogens (primary N) is 1. The molecule has 0 saturated heterocycles. The molecule has 0 aliphatic heterocycles. The van der Waals surface area contributed by atoms with E-state index in [2.05, 4.69) is 4.99 Å². The van der Waals surface area contributed by atoms with Gasteiger partial charge in [0.1, 0.15) is 0 Å². The lowest BCUT2D eigenvalue weighted by Crippen LogP contribution is -2.12. The van der Waals surface area contributed by atoms with Crippen LogP contribution in [0.25, 0.3) is 0 Å². The van der Waals surface area contributed by atoms with Crippen molar-refractivity contribution in [2.75, 3.05) is 0 Å². The van der Waals surface area contributed by atoms with E-state index in [1.165, 1.54) is 0 Å². The summed E-state index contributed by atoms with van der Waals surface area (Å²) in [4.78, 5) is 4.10. The van der Waals surface area contributed by atoms with Gasteiger partial charge in [-0.3, -0.25) is 4.99 Å². The summed E-state index contributed by atoms with van der Waals surface area (Å²) in [6.07, 6.45) is 2.53. The van der Waals surface area contributed by atoms with E-state index < -0.39 is 0 Å². The molecule has 0 aliphatic carbocycles. The summed E-state index contributed by atoms with van der Waals surface area (Å²) in [6.45, 7) is 5.72. The molecule has 0 aliphatic rings. The highest BCUT2D eigenvalue weighted by molar-refractivity contribution is 6.31. The third-order valence-corrected chi connectivity index (χ3v) is 1.49. The molecule has 1 atom stereocenters. The van der Waals surface area contributed by atoms with Gasteiger partial charge >= 0.3 is 0 Å². The van der Waals surface area contributed by atoms with Gasteiger partial charge in [-0.15, -0.1) is 0 Å². The molecule has 0 saturated carbocycles. The van der Waals surface area contributed by atoms with Gasteiger partial charge in [-0.05, 0) is 26.3 Å². The van der Waals surface area contributed by atoms with E-state index in [1.54, 1.807) is 0 Å². The minimum atomic E-state index is -0.146. The normalized spacial score (nSPS) is 16.8. The second-order valence-electron chi connectivity index (χ2n) is 2.46. The van der Waals surface area contributed by atoms with Gasteiger partial charge in [-0.2, -0.15) is 0 Å². The SMILES string of the molecule is CC/C(Cl)=C\C(C)=NC(C)N. The number of hydrogen-bond acceptors (Lipinski definition) is 2. The maximum Gasteiger partial charge on any atom is 0.0943 e. The Bertz CT molecular complexity index is 171. The van der Waals surface area contributed by atoms with Crippen molar-refractivity contribution in [3.63, 3.8) is 0 Å². The number of nitrogens with zero attached hydrogens (tertiary/aromatic N) is 1. The molecule has 0 rings (SSSR count). The molecule has 2 nitrogen and oxygen atoms in total. The van der Waals surface area contributed by atoms with Gasteiger partial charge in [0.2, 0.25) is 0 Å². The summed E-state index contributed by atoms with van der Waals surface area (Å²) in [5, 5.41) is 0.812. The highest BCUT2D eigenvalue weighted by atomic mass is 35.5. The van der Waals surface area contributed by atoms with Crippen molar-refractivity contribution in [3.05, 3.63) is 11.1 Å².